The summed E-state index contributed by atoms with van der Waals surface area (Å²) in [6.45, 7) is -0.149. The zero-order valence-corrected chi connectivity index (χ0v) is 13.8. The summed E-state index contributed by atoms with van der Waals surface area (Å²) in [5.41, 5.74) is -5.46. The lowest BCUT2D eigenvalue weighted by molar-refractivity contribution is -0.840. The van der Waals surface area contributed by atoms with Gasteiger partial charge in [-0.15, -0.1) is 0 Å². The summed E-state index contributed by atoms with van der Waals surface area (Å²) in [4.78, 5) is 0. The average molecular weight is 392 g/mol. The van der Waals surface area contributed by atoms with Gasteiger partial charge in [0.1, 0.15) is 0 Å². The number of halogens is 7. The minimum atomic E-state index is -6.19. The van der Waals surface area contributed by atoms with Crippen LogP contribution in [0.15, 0.2) is 0 Å². The number of sulfonamides is 1. The summed E-state index contributed by atoms with van der Waals surface area (Å²) in [5, 5.41) is 11.2. The highest BCUT2D eigenvalue weighted by Gasteiger charge is 2.71. The highest BCUT2D eigenvalue weighted by Crippen LogP contribution is 2.48. The molecule has 0 fully saturated rings. The van der Waals surface area contributed by atoms with E-state index in [1.165, 1.54) is 14.1 Å². The Hall–Kier alpha value is -0.660. The van der Waals surface area contributed by atoms with Crippen LogP contribution in [0.25, 0.3) is 0 Å². The van der Waals surface area contributed by atoms with E-state index in [-0.39, 0.29) is 19.5 Å². The van der Waals surface area contributed by atoms with E-state index in [0.29, 0.717) is 0 Å². The van der Waals surface area contributed by atoms with Crippen molar-refractivity contribution in [2.45, 2.75) is 37.3 Å². The second-order valence-corrected chi connectivity index (χ2v) is 7.69. The molecule has 0 unspecified atom stereocenters. The van der Waals surface area contributed by atoms with Crippen molar-refractivity contribution in [3.05, 3.63) is 5.21 Å². The van der Waals surface area contributed by atoms with Gasteiger partial charge >= 0.3 is 12.4 Å². The molecule has 0 aliphatic rings. The fraction of sp³-hybridized carbons (Fsp3) is 1.00. The van der Waals surface area contributed by atoms with Gasteiger partial charge in [0.2, 0.25) is 10.0 Å². The second kappa shape index (κ2) is 7.70. The third-order valence-corrected chi connectivity index (χ3v) is 4.50. The number of nitrogens with zero attached hydrogens (tertiary/aromatic N) is 1. The molecule has 0 radical (unpaired) electrons. The van der Waals surface area contributed by atoms with Crippen LogP contribution in [0.1, 0.15) is 19.3 Å². The normalized spacial score (nSPS) is 14.9. The molecular formula is C11H19F7N2O3S. The molecule has 0 aromatic heterocycles. The van der Waals surface area contributed by atoms with E-state index >= 15 is 0 Å². The second-order valence-electron chi connectivity index (χ2n) is 5.76. The van der Waals surface area contributed by atoms with Crippen molar-refractivity contribution >= 4 is 10.0 Å². The molecular weight excluding hydrogens is 373 g/mol. The molecule has 0 spiro atoms. The van der Waals surface area contributed by atoms with Crippen LogP contribution in [-0.4, -0.2) is 64.0 Å². The van der Waals surface area contributed by atoms with E-state index in [9.17, 15) is 44.4 Å². The van der Waals surface area contributed by atoms with Crippen LogP contribution >= 0.6 is 0 Å². The van der Waals surface area contributed by atoms with Gasteiger partial charge in [-0.05, 0) is 6.42 Å². The standard InChI is InChI=1S/C11H19F7N2O3S/c1-20(2,21)7-4-6-19-24(22,23)8-3-5-9(12,10(13,14)15)11(16,17)18/h19H,3-8H2,1-2H3. The summed E-state index contributed by atoms with van der Waals surface area (Å²) >= 11 is 0. The smallest absolute Gasteiger partial charge is 0.431 e. The summed E-state index contributed by atoms with van der Waals surface area (Å²) in [6, 6.07) is 0. The van der Waals surface area contributed by atoms with Gasteiger partial charge in [-0.3, -0.25) is 0 Å². The van der Waals surface area contributed by atoms with Gasteiger partial charge in [0.15, 0.2) is 0 Å². The van der Waals surface area contributed by atoms with Gasteiger partial charge < -0.3 is 9.85 Å². The molecule has 0 saturated carbocycles. The number of alkyl halides is 7. The number of nitrogens with one attached hydrogen (secondary N) is 1. The monoisotopic (exact) mass is 392 g/mol. The fourth-order valence-electron chi connectivity index (χ4n) is 1.71. The lowest BCUT2D eigenvalue weighted by atomic mass is 9.99. The van der Waals surface area contributed by atoms with Crippen LogP contribution in [0.2, 0.25) is 0 Å². The van der Waals surface area contributed by atoms with Gasteiger partial charge in [-0.1, -0.05) is 0 Å². The molecule has 0 atom stereocenters. The van der Waals surface area contributed by atoms with Crippen molar-refractivity contribution in [1.29, 1.82) is 0 Å². The first kappa shape index (κ1) is 23.3. The van der Waals surface area contributed by atoms with Crippen molar-refractivity contribution in [1.82, 2.24) is 4.72 Å². The van der Waals surface area contributed by atoms with E-state index in [1.54, 1.807) is 0 Å². The summed E-state index contributed by atoms with van der Waals surface area (Å²) in [7, 11) is -1.55. The van der Waals surface area contributed by atoms with Gasteiger partial charge in [-0.25, -0.2) is 17.5 Å². The number of hydrogen-bond acceptors (Lipinski definition) is 3. The lowest BCUT2D eigenvalue weighted by Crippen LogP contribution is -2.53. The molecule has 0 amide bonds. The molecule has 0 heterocycles. The summed E-state index contributed by atoms with van der Waals surface area (Å²) in [6.07, 6.45) is -15.5. The lowest BCUT2D eigenvalue weighted by Gasteiger charge is -2.33. The molecule has 0 rings (SSSR count). The van der Waals surface area contributed by atoms with Gasteiger partial charge in [0.05, 0.1) is 26.4 Å². The van der Waals surface area contributed by atoms with E-state index in [4.69, 9.17) is 0 Å². The first-order valence-electron chi connectivity index (χ1n) is 6.75. The topological polar surface area (TPSA) is 69.2 Å². The minimum Gasteiger partial charge on any atom is -0.633 e. The van der Waals surface area contributed by atoms with E-state index < -0.39 is 51.3 Å². The number of hydrogen-bond donors (Lipinski definition) is 1. The molecule has 13 heteroatoms. The molecule has 5 nitrogen and oxygen atoms in total. The molecule has 0 bridgehead atoms. The number of quaternary nitrogens is 1. The average Bonchev–Trinajstić information content (AvgIpc) is 2.30. The first-order valence-corrected chi connectivity index (χ1v) is 8.40. The SMILES string of the molecule is C[N+](C)([O-])CCCNS(=O)(=O)CCCC(F)(C(F)(F)F)C(F)(F)F. The molecule has 146 valence electrons. The molecule has 1 N–H and O–H groups in total. The Bertz CT molecular complexity index is 483. The fourth-order valence-corrected chi connectivity index (χ4v) is 2.83. The molecule has 0 aromatic rings. The summed E-state index contributed by atoms with van der Waals surface area (Å²) < 4.78 is 111. The highest BCUT2D eigenvalue weighted by atomic mass is 32.2. The maximum atomic E-state index is 13.3. The molecule has 24 heavy (non-hydrogen) atoms. The maximum absolute atomic E-state index is 13.3. The Kier molecular flexibility index (Phi) is 7.49. The Morgan fingerprint density at radius 3 is 1.79 bits per heavy atom. The Labute approximate surface area is 135 Å². The minimum absolute atomic E-state index is 0.0538. The Morgan fingerprint density at radius 1 is 0.958 bits per heavy atom. The van der Waals surface area contributed by atoms with E-state index in [1.807, 2.05) is 4.72 Å². The van der Waals surface area contributed by atoms with Crippen LogP contribution in [0, 0.1) is 5.21 Å². The molecule has 0 saturated heterocycles. The molecule has 0 aromatic carbocycles. The van der Waals surface area contributed by atoms with Crippen molar-refractivity contribution < 1.29 is 43.8 Å². The van der Waals surface area contributed by atoms with Crippen LogP contribution in [0.4, 0.5) is 30.7 Å². The third kappa shape index (κ3) is 7.49. The summed E-state index contributed by atoms with van der Waals surface area (Å²) in [5.74, 6) is -1.10. The molecule has 0 aliphatic heterocycles. The van der Waals surface area contributed by atoms with Crippen LogP contribution < -0.4 is 4.72 Å². The zero-order valence-electron chi connectivity index (χ0n) is 13.0. The van der Waals surface area contributed by atoms with Crippen LogP contribution in [0.5, 0.6) is 0 Å². The highest BCUT2D eigenvalue weighted by molar-refractivity contribution is 7.89. The molecule has 0 aliphatic carbocycles. The first-order chi connectivity index (χ1) is 10.4. The van der Waals surface area contributed by atoms with Crippen LogP contribution in [0.3, 0.4) is 0 Å². The predicted molar refractivity (Wildman–Crippen MR) is 71.9 cm³/mol. The van der Waals surface area contributed by atoms with Gasteiger partial charge in [0, 0.05) is 19.4 Å². The van der Waals surface area contributed by atoms with Crippen LogP contribution in [-0.2, 0) is 10.0 Å². The maximum Gasteiger partial charge on any atom is 0.431 e. The predicted octanol–water partition coefficient (Wildman–Crippen LogP) is 2.48. The number of rotatable bonds is 9. The van der Waals surface area contributed by atoms with Gasteiger partial charge in [-0.2, -0.15) is 26.3 Å². The van der Waals surface area contributed by atoms with Gasteiger partial charge in [0.25, 0.3) is 5.67 Å². The van der Waals surface area contributed by atoms with Crippen molar-refractivity contribution in [2.24, 2.45) is 0 Å². The Morgan fingerprint density at radius 2 is 1.42 bits per heavy atom. The third-order valence-electron chi connectivity index (χ3n) is 3.03. The van der Waals surface area contributed by atoms with Crippen molar-refractivity contribution in [3.8, 4) is 0 Å². The van der Waals surface area contributed by atoms with Crippen molar-refractivity contribution in [2.75, 3.05) is 32.9 Å². The largest absolute Gasteiger partial charge is 0.633 e. The zero-order chi connectivity index (χ0) is 19.4. The van der Waals surface area contributed by atoms with Crippen molar-refractivity contribution in [3.63, 3.8) is 0 Å². The Balaban J connectivity index is 4.56. The quantitative estimate of drug-likeness (QED) is 0.284. The van der Waals surface area contributed by atoms with E-state index in [0.717, 1.165) is 0 Å². The number of hydroxylamine groups is 3. The van der Waals surface area contributed by atoms with E-state index in [2.05, 4.69) is 0 Å².